The van der Waals surface area contributed by atoms with Crippen LogP contribution in [-0.2, 0) is 9.47 Å². The van der Waals surface area contributed by atoms with Crippen LogP contribution in [0, 0.1) is 35.1 Å². The van der Waals surface area contributed by atoms with Crippen LogP contribution in [0.4, 0.5) is 26.3 Å². The van der Waals surface area contributed by atoms with Crippen molar-refractivity contribution in [1.82, 2.24) is 0 Å². The van der Waals surface area contributed by atoms with Crippen LogP contribution >= 0.6 is 0 Å². The molecule has 1 saturated heterocycles. The summed E-state index contributed by atoms with van der Waals surface area (Å²) in [5, 5.41) is 0. The van der Waals surface area contributed by atoms with Crippen molar-refractivity contribution < 1.29 is 40.6 Å². The van der Waals surface area contributed by atoms with Crippen LogP contribution in [0.25, 0.3) is 11.1 Å². The highest BCUT2D eigenvalue weighted by molar-refractivity contribution is 5.65. The second kappa shape index (κ2) is 11.2. The molecule has 1 aliphatic heterocycles. The van der Waals surface area contributed by atoms with Gasteiger partial charge in [0.05, 0.1) is 19.1 Å². The lowest BCUT2D eigenvalue weighted by Crippen LogP contribution is -2.37. The first kappa shape index (κ1) is 27.5. The molecule has 0 bridgehead atoms. The van der Waals surface area contributed by atoms with Gasteiger partial charge in [0.25, 0.3) is 0 Å². The van der Waals surface area contributed by atoms with Crippen molar-refractivity contribution in [3.05, 3.63) is 89.0 Å². The van der Waals surface area contributed by atoms with Crippen LogP contribution in [0.3, 0.4) is 0 Å². The van der Waals surface area contributed by atoms with Gasteiger partial charge < -0.3 is 14.2 Å². The number of rotatable bonds is 6. The summed E-state index contributed by atoms with van der Waals surface area (Å²) in [5.41, 5.74) is 1.52. The van der Waals surface area contributed by atoms with Crippen molar-refractivity contribution >= 4 is 0 Å². The fourth-order valence-corrected chi connectivity index (χ4v) is 5.25. The fourth-order valence-electron chi connectivity index (χ4n) is 5.25. The zero-order chi connectivity index (χ0) is 27.7. The summed E-state index contributed by atoms with van der Waals surface area (Å²) >= 11 is 0. The Balaban J connectivity index is 1.23. The van der Waals surface area contributed by atoms with Crippen molar-refractivity contribution in [2.75, 3.05) is 13.2 Å². The molecule has 39 heavy (non-hydrogen) atoms. The predicted octanol–water partition coefficient (Wildman–Crippen LogP) is 8.54. The molecule has 3 nitrogen and oxygen atoms in total. The summed E-state index contributed by atoms with van der Waals surface area (Å²) in [5.74, 6) is -5.13. The second-order valence-corrected chi connectivity index (χ2v) is 10.4. The maximum atomic E-state index is 15.1. The van der Waals surface area contributed by atoms with E-state index in [1.165, 1.54) is 12.1 Å². The second-order valence-electron chi connectivity index (χ2n) is 10.4. The molecule has 2 aliphatic rings. The SMILES string of the molecule is CC1COC(c2ccc(-c3ccc(C4CCC(C(F)(F)Oc5ccc(F)c(F)c5)CC4)c(F)c3)c(F)c2)OC1. The minimum Gasteiger partial charge on any atom is -0.432 e. The Morgan fingerprint density at radius 3 is 2.10 bits per heavy atom. The fraction of sp³-hybridized carbons (Fsp3) is 0.400. The highest BCUT2D eigenvalue weighted by Gasteiger charge is 2.44. The van der Waals surface area contributed by atoms with Crippen molar-refractivity contribution in [2.24, 2.45) is 11.8 Å². The van der Waals surface area contributed by atoms with Crippen LogP contribution in [-0.4, -0.2) is 19.3 Å². The molecule has 0 N–H and O–H groups in total. The molecule has 0 amide bonds. The lowest BCUT2D eigenvalue weighted by atomic mass is 9.77. The van der Waals surface area contributed by atoms with E-state index in [-0.39, 0.29) is 30.2 Å². The molecule has 3 aromatic rings. The number of alkyl halides is 2. The molecular weight excluding hydrogens is 522 g/mol. The van der Waals surface area contributed by atoms with Crippen LogP contribution in [0.2, 0.25) is 0 Å². The highest BCUT2D eigenvalue weighted by Crippen LogP contribution is 2.44. The summed E-state index contributed by atoms with van der Waals surface area (Å²) in [6.07, 6.45) is -3.53. The molecule has 0 aromatic heterocycles. The van der Waals surface area contributed by atoms with E-state index in [1.807, 2.05) is 6.92 Å². The van der Waals surface area contributed by atoms with E-state index >= 15 is 4.39 Å². The van der Waals surface area contributed by atoms with E-state index < -0.39 is 47.3 Å². The van der Waals surface area contributed by atoms with Gasteiger partial charge in [0.2, 0.25) is 0 Å². The van der Waals surface area contributed by atoms with E-state index in [0.717, 1.165) is 12.1 Å². The summed E-state index contributed by atoms with van der Waals surface area (Å²) < 4.78 is 102. The van der Waals surface area contributed by atoms with Gasteiger partial charge in [0.15, 0.2) is 17.9 Å². The third-order valence-electron chi connectivity index (χ3n) is 7.43. The van der Waals surface area contributed by atoms with Gasteiger partial charge in [-0.2, -0.15) is 8.78 Å². The van der Waals surface area contributed by atoms with E-state index in [9.17, 15) is 22.0 Å². The maximum absolute atomic E-state index is 15.1. The molecule has 0 unspecified atom stereocenters. The van der Waals surface area contributed by atoms with Crippen molar-refractivity contribution in [2.45, 2.75) is 50.9 Å². The van der Waals surface area contributed by atoms with Crippen LogP contribution in [0.15, 0.2) is 54.6 Å². The van der Waals surface area contributed by atoms with Gasteiger partial charge in [-0.3, -0.25) is 0 Å². The zero-order valence-electron chi connectivity index (χ0n) is 21.2. The Bertz CT molecular complexity index is 1310. The number of hydrogen-bond acceptors (Lipinski definition) is 3. The summed E-state index contributed by atoms with van der Waals surface area (Å²) in [6.45, 7) is 3.02. The Morgan fingerprint density at radius 1 is 0.744 bits per heavy atom. The number of benzene rings is 3. The molecular formula is C30H28F6O3. The molecule has 9 heteroatoms. The Labute approximate surface area is 222 Å². The third kappa shape index (κ3) is 6.09. The Morgan fingerprint density at radius 2 is 1.46 bits per heavy atom. The molecule has 1 saturated carbocycles. The molecule has 0 atom stereocenters. The van der Waals surface area contributed by atoms with Crippen LogP contribution in [0.1, 0.15) is 55.9 Å². The van der Waals surface area contributed by atoms with Gasteiger partial charge in [-0.15, -0.1) is 0 Å². The standard InChI is InChI=1S/C30H28F6O3/c1-17-15-37-29(38-16-17)20-5-10-24(27(33)13-20)19-4-9-23(26(32)12-19)18-2-6-21(7-3-18)30(35,36)39-22-8-11-25(31)28(34)14-22/h4-5,8-14,17-18,21,29H,2-3,6-7,15-16H2,1H3. The monoisotopic (exact) mass is 550 g/mol. The van der Waals surface area contributed by atoms with E-state index in [2.05, 4.69) is 0 Å². The molecule has 3 aromatic carbocycles. The van der Waals surface area contributed by atoms with Crippen molar-refractivity contribution in [3.8, 4) is 16.9 Å². The smallest absolute Gasteiger partial charge is 0.400 e. The van der Waals surface area contributed by atoms with Gasteiger partial charge in [-0.05, 0) is 67.0 Å². The summed E-state index contributed by atoms with van der Waals surface area (Å²) in [4.78, 5) is 0. The van der Waals surface area contributed by atoms with E-state index in [0.29, 0.717) is 48.8 Å². The topological polar surface area (TPSA) is 27.7 Å². The van der Waals surface area contributed by atoms with Crippen molar-refractivity contribution in [1.29, 1.82) is 0 Å². The summed E-state index contributed by atoms with van der Waals surface area (Å²) in [7, 11) is 0. The molecule has 0 spiro atoms. The minimum atomic E-state index is -3.59. The quantitative estimate of drug-likeness (QED) is 0.288. The molecule has 1 aliphatic carbocycles. The molecule has 2 fully saturated rings. The first-order chi connectivity index (χ1) is 18.6. The Hall–Kier alpha value is -3.04. The van der Waals surface area contributed by atoms with Gasteiger partial charge in [-0.1, -0.05) is 31.2 Å². The maximum Gasteiger partial charge on any atom is 0.400 e. The van der Waals surface area contributed by atoms with Gasteiger partial charge in [0, 0.05) is 23.1 Å². The van der Waals surface area contributed by atoms with Gasteiger partial charge in [-0.25, -0.2) is 17.6 Å². The average Bonchev–Trinajstić information content (AvgIpc) is 2.91. The van der Waals surface area contributed by atoms with Crippen molar-refractivity contribution in [3.63, 3.8) is 0 Å². The number of ether oxygens (including phenoxy) is 3. The van der Waals surface area contributed by atoms with Gasteiger partial charge in [0.1, 0.15) is 17.4 Å². The zero-order valence-corrected chi connectivity index (χ0v) is 21.2. The Kier molecular flexibility index (Phi) is 7.91. The largest absolute Gasteiger partial charge is 0.432 e. The average molecular weight is 551 g/mol. The molecule has 1 heterocycles. The van der Waals surface area contributed by atoms with E-state index in [1.54, 1.807) is 24.3 Å². The molecule has 5 rings (SSSR count). The predicted molar refractivity (Wildman–Crippen MR) is 132 cm³/mol. The molecule has 208 valence electrons. The first-order valence-electron chi connectivity index (χ1n) is 12.9. The normalized spacial score (nSPS) is 24.0. The molecule has 0 radical (unpaired) electrons. The number of hydrogen-bond donors (Lipinski definition) is 0. The van der Waals surface area contributed by atoms with Crippen LogP contribution in [0.5, 0.6) is 5.75 Å². The number of halogens is 6. The first-order valence-corrected chi connectivity index (χ1v) is 12.9. The third-order valence-corrected chi connectivity index (χ3v) is 7.43. The van der Waals surface area contributed by atoms with Gasteiger partial charge >= 0.3 is 6.11 Å². The van der Waals surface area contributed by atoms with Crippen LogP contribution < -0.4 is 4.74 Å². The lowest BCUT2D eigenvalue weighted by Gasteiger charge is -2.33. The van der Waals surface area contributed by atoms with E-state index in [4.69, 9.17) is 14.2 Å². The highest BCUT2D eigenvalue weighted by atomic mass is 19.3. The minimum absolute atomic E-state index is 0.0582. The summed E-state index contributed by atoms with van der Waals surface area (Å²) in [6, 6.07) is 11.3. The lowest BCUT2D eigenvalue weighted by molar-refractivity contribution is -0.222.